The Kier molecular flexibility index (Phi) is 17.0. The van der Waals surface area contributed by atoms with Gasteiger partial charge in [-0.1, -0.05) is 54.1 Å². The summed E-state index contributed by atoms with van der Waals surface area (Å²) < 4.78 is 57.0. The number of rotatable bonds is 10. The van der Waals surface area contributed by atoms with E-state index in [2.05, 4.69) is 0 Å². The molecule has 0 aliphatic rings. The van der Waals surface area contributed by atoms with Gasteiger partial charge in [0.2, 0.25) is 0 Å². The van der Waals surface area contributed by atoms with Gasteiger partial charge in [-0.2, -0.15) is 0 Å². The average Bonchev–Trinajstić information content (AvgIpc) is 3.20. The van der Waals surface area contributed by atoms with Crippen LogP contribution in [0.3, 0.4) is 0 Å². The first kappa shape index (κ1) is 56.4. The quantitative estimate of drug-likeness (QED) is 0.0558. The SMILES string of the molecule is Cc1cc(C)c(OC(=O)OC(C)(C)C)c(C(c2cc(-c3ccc(OC(=O)OC(C)(C)C)cc3)ccc2OC(=O)OC(C)(C)C)c2cc(-c3ccc(OC(=O)OC(C)(C)C)cc3)ccc2OC(=O)OC(C)(C)C)c1. The Morgan fingerprint density at radius 2 is 0.644 bits per heavy atom. The maximum absolute atomic E-state index is 13.7. The van der Waals surface area contributed by atoms with Crippen molar-refractivity contribution >= 4 is 30.8 Å². The molecule has 5 aromatic rings. The topological polar surface area (TPSA) is 178 Å². The normalized spacial score (nSPS) is 12.0. The third kappa shape index (κ3) is 17.6. The van der Waals surface area contributed by atoms with Crippen molar-refractivity contribution < 1.29 is 71.3 Å². The predicted molar refractivity (Wildman–Crippen MR) is 275 cm³/mol. The molecule has 0 bridgehead atoms. The van der Waals surface area contributed by atoms with Crippen molar-refractivity contribution in [2.24, 2.45) is 0 Å². The Bertz CT molecular complexity index is 2660. The Hall–Kier alpha value is -7.55. The van der Waals surface area contributed by atoms with Gasteiger partial charge in [-0.3, -0.25) is 0 Å². The first-order chi connectivity index (χ1) is 33.6. The Morgan fingerprint density at radius 1 is 0.342 bits per heavy atom. The van der Waals surface area contributed by atoms with Crippen LogP contribution in [0, 0.1) is 13.8 Å². The third-order valence-electron chi connectivity index (χ3n) is 9.70. The zero-order valence-electron chi connectivity index (χ0n) is 44.9. The standard InChI is InChI=1S/C58H68O15/c1-34-30-35(2)48(68-53(63)73-58(15,16)17)44(31-34)47(42-32-38(22-28-45(42)66-51(61)71-56(9,10)11)36-18-24-40(25-19-36)64-49(59)69-54(3,4)5)43-33-39(23-29-46(43)67-52(62)72-57(12,13)14)37-20-26-41(27-21-37)65-50(60)70-55(6,7)8/h18-33,47H,1-17H3. The predicted octanol–water partition coefficient (Wildman–Crippen LogP) is 15.4. The minimum atomic E-state index is -1.12. The molecule has 0 aliphatic heterocycles. The van der Waals surface area contributed by atoms with Crippen molar-refractivity contribution in [1.82, 2.24) is 0 Å². The molecular formula is C58H68O15. The second-order valence-electron chi connectivity index (χ2n) is 22.3. The van der Waals surface area contributed by atoms with E-state index in [1.54, 1.807) is 196 Å². The third-order valence-corrected chi connectivity index (χ3v) is 9.70. The highest BCUT2D eigenvalue weighted by Gasteiger charge is 2.33. The van der Waals surface area contributed by atoms with Crippen molar-refractivity contribution in [1.29, 1.82) is 0 Å². The lowest BCUT2D eigenvalue weighted by molar-refractivity contribution is 0.0189. The van der Waals surface area contributed by atoms with Gasteiger partial charge in [-0.15, -0.1) is 0 Å². The lowest BCUT2D eigenvalue weighted by Crippen LogP contribution is -2.27. The lowest BCUT2D eigenvalue weighted by atomic mass is 9.80. The number of hydrogen-bond donors (Lipinski definition) is 0. The minimum Gasteiger partial charge on any atom is -0.428 e. The molecule has 0 fully saturated rings. The van der Waals surface area contributed by atoms with Gasteiger partial charge in [0.05, 0.1) is 0 Å². The average molecular weight is 1010 g/mol. The molecule has 0 N–H and O–H groups in total. The first-order valence-electron chi connectivity index (χ1n) is 23.7. The van der Waals surface area contributed by atoms with Crippen LogP contribution >= 0.6 is 0 Å². The first-order valence-corrected chi connectivity index (χ1v) is 23.7. The Morgan fingerprint density at radius 3 is 0.973 bits per heavy atom. The molecule has 0 aliphatic carbocycles. The molecule has 0 saturated carbocycles. The molecule has 15 heteroatoms. The van der Waals surface area contributed by atoms with Gasteiger partial charge in [0.15, 0.2) is 0 Å². The molecule has 0 heterocycles. The molecule has 390 valence electrons. The molecule has 0 amide bonds. The number of hydrogen-bond acceptors (Lipinski definition) is 15. The van der Waals surface area contributed by atoms with E-state index in [0.717, 1.165) is 5.56 Å². The summed E-state index contributed by atoms with van der Waals surface area (Å²) in [6.07, 6.45) is -4.75. The van der Waals surface area contributed by atoms with Gasteiger partial charge < -0.3 is 47.4 Å². The van der Waals surface area contributed by atoms with Gasteiger partial charge in [-0.05, 0) is 194 Å². The van der Waals surface area contributed by atoms with E-state index >= 15 is 0 Å². The van der Waals surface area contributed by atoms with Crippen LogP contribution in [0.1, 0.15) is 138 Å². The van der Waals surface area contributed by atoms with Gasteiger partial charge in [0.25, 0.3) is 0 Å². The van der Waals surface area contributed by atoms with Crippen molar-refractivity contribution in [3.63, 3.8) is 0 Å². The summed E-state index contributed by atoms with van der Waals surface area (Å²) >= 11 is 0. The molecule has 0 radical (unpaired) electrons. The zero-order valence-corrected chi connectivity index (χ0v) is 44.9. The van der Waals surface area contributed by atoms with Gasteiger partial charge in [-0.25, -0.2) is 24.0 Å². The monoisotopic (exact) mass is 1000 g/mol. The van der Waals surface area contributed by atoms with Crippen LogP contribution < -0.4 is 23.7 Å². The fraction of sp³-hybridized carbons (Fsp3) is 0.397. The van der Waals surface area contributed by atoms with Crippen LogP contribution in [0.15, 0.2) is 97.1 Å². The van der Waals surface area contributed by atoms with E-state index < -0.39 is 64.7 Å². The smallest absolute Gasteiger partial charge is 0.428 e. The number of carbonyl (C=O) groups is 5. The van der Waals surface area contributed by atoms with E-state index in [-0.39, 0.29) is 28.7 Å². The molecule has 5 rings (SSSR count). The Balaban J connectivity index is 1.85. The lowest BCUT2D eigenvalue weighted by Gasteiger charge is -2.28. The fourth-order valence-corrected chi connectivity index (χ4v) is 7.18. The fourth-order valence-electron chi connectivity index (χ4n) is 7.18. The summed E-state index contributed by atoms with van der Waals surface area (Å²) in [6.45, 7) is 29.4. The highest BCUT2D eigenvalue weighted by molar-refractivity contribution is 5.77. The summed E-state index contributed by atoms with van der Waals surface area (Å²) in [4.78, 5) is 66.3. The highest BCUT2D eigenvalue weighted by atomic mass is 16.8. The van der Waals surface area contributed by atoms with Gasteiger partial charge >= 0.3 is 30.8 Å². The van der Waals surface area contributed by atoms with Crippen LogP contribution in [0.4, 0.5) is 24.0 Å². The molecule has 0 aromatic heterocycles. The molecule has 73 heavy (non-hydrogen) atoms. The Labute approximate surface area is 428 Å². The minimum absolute atomic E-state index is 0.0347. The summed E-state index contributed by atoms with van der Waals surface area (Å²) in [5, 5.41) is 0. The molecule has 0 atom stereocenters. The zero-order chi connectivity index (χ0) is 54.4. The summed E-state index contributed by atoms with van der Waals surface area (Å²) in [5.41, 5.74) is 0.457. The highest BCUT2D eigenvalue weighted by Crippen LogP contribution is 2.48. The molecule has 15 nitrogen and oxygen atoms in total. The molecular weight excluding hydrogens is 937 g/mol. The van der Waals surface area contributed by atoms with E-state index in [1.165, 1.54) is 0 Å². The number of carbonyl (C=O) groups excluding carboxylic acids is 5. The van der Waals surface area contributed by atoms with Crippen LogP contribution in [-0.4, -0.2) is 58.8 Å². The van der Waals surface area contributed by atoms with Gasteiger partial charge in [0, 0.05) is 22.6 Å². The van der Waals surface area contributed by atoms with Crippen LogP contribution in [0.2, 0.25) is 0 Å². The second kappa shape index (κ2) is 22.1. The largest absolute Gasteiger partial charge is 0.514 e. The van der Waals surface area contributed by atoms with E-state index in [9.17, 15) is 24.0 Å². The second-order valence-corrected chi connectivity index (χ2v) is 22.3. The van der Waals surface area contributed by atoms with Crippen molar-refractivity contribution in [2.45, 2.75) is 152 Å². The molecule has 0 spiro atoms. The van der Waals surface area contributed by atoms with E-state index in [0.29, 0.717) is 44.5 Å². The van der Waals surface area contributed by atoms with Gasteiger partial charge in [0.1, 0.15) is 56.8 Å². The molecule has 0 unspecified atom stereocenters. The maximum Gasteiger partial charge on any atom is 0.514 e. The maximum atomic E-state index is 13.7. The number of ether oxygens (including phenoxy) is 10. The van der Waals surface area contributed by atoms with E-state index in [1.807, 2.05) is 19.1 Å². The molecule has 5 aromatic carbocycles. The summed E-state index contributed by atoms with van der Waals surface area (Å²) in [5.74, 6) is -0.481. The van der Waals surface area contributed by atoms with E-state index in [4.69, 9.17) is 47.4 Å². The summed E-state index contributed by atoms with van der Waals surface area (Å²) in [7, 11) is 0. The van der Waals surface area contributed by atoms with Crippen LogP contribution in [-0.2, 0) is 23.7 Å². The number of aryl methyl sites for hydroxylation is 2. The van der Waals surface area contributed by atoms with Crippen molar-refractivity contribution in [3.05, 3.63) is 125 Å². The van der Waals surface area contributed by atoms with Crippen molar-refractivity contribution in [3.8, 4) is 51.0 Å². The molecule has 0 saturated heterocycles. The number of benzene rings is 5. The summed E-state index contributed by atoms with van der Waals surface area (Å²) in [6, 6.07) is 27.3. The van der Waals surface area contributed by atoms with Crippen molar-refractivity contribution in [2.75, 3.05) is 0 Å². The van der Waals surface area contributed by atoms with Crippen LogP contribution in [0.5, 0.6) is 28.7 Å². The van der Waals surface area contributed by atoms with Crippen LogP contribution in [0.25, 0.3) is 22.3 Å².